The Bertz CT molecular complexity index is 992. The molecule has 1 aliphatic heterocycles. The molecule has 0 amide bonds. The maximum Gasteiger partial charge on any atom is 0.119 e. The minimum Gasteiger partial charge on any atom is -0.497 e. The molecule has 0 aromatic heterocycles. The molecule has 29 heavy (non-hydrogen) atoms. The van der Waals surface area contributed by atoms with Crippen LogP contribution in [0.1, 0.15) is 22.7 Å². The summed E-state index contributed by atoms with van der Waals surface area (Å²) in [7, 11) is 1.69. The van der Waals surface area contributed by atoms with E-state index >= 15 is 0 Å². The summed E-state index contributed by atoms with van der Waals surface area (Å²) in [5, 5.41) is 6.87. The van der Waals surface area contributed by atoms with E-state index in [4.69, 9.17) is 9.84 Å². The van der Waals surface area contributed by atoms with Gasteiger partial charge in [-0.05, 0) is 39.9 Å². The average molecular weight is 383 g/mol. The number of nitrogens with zero attached hydrogens (tertiary/aromatic N) is 3. The van der Waals surface area contributed by atoms with Crippen LogP contribution in [0.2, 0.25) is 0 Å². The minimum atomic E-state index is 0.354. The minimum absolute atomic E-state index is 0.354. The zero-order valence-corrected chi connectivity index (χ0v) is 16.7. The van der Waals surface area contributed by atoms with Crippen molar-refractivity contribution in [2.75, 3.05) is 33.3 Å². The van der Waals surface area contributed by atoms with Crippen molar-refractivity contribution >= 4 is 6.21 Å². The third-order valence-electron chi connectivity index (χ3n) is 5.92. The third-order valence-corrected chi connectivity index (χ3v) is 5.92. The number of hydrazone groups is 1. The highest BCUT2D eigenvalue weighted by atomic mass is 16.5. The Kier molecular flexibility index (Phi) is 4.78. The highest BCUT2D eigenvalue weighted by Gasteiger charge is 2.33. The molecule has 5 rings (SSSR count). The molecule has 0 saturated carbocycles. The molecule has 1 saturated heterocycles. The summed E-state index contributed by atoms with van der Waals surface area (Å²) in [6.45, 7) is 3.87. The van der Waals surface area contributed by atoms with Crippen LogP contribution in [0, 0.1) is 0 Å². The largest absolute Gasteiger partial charge is 0.497 e. The van der Waals surface area contributed by atoms with Crippen molar-refractivity contribution in [3.63, 3.8) is 0 Å². The molecule has 1 fully saturated rings. The van der Waals surface area contributed by atoms with Gasteiger partial charge in [-0.3, -0.25) is 9.91 Å². The van der Waals surface area contributed by atoms with Crippen LogP contribution in [0.5, 0.6) is 5.75 Å². The first-order chi connectivity index (χ1) is 14.3. The lowest BCUT2D eigenvalue weighted by Gasteiger charge is -2.37. The van der Waals surface area contributed by atoms with Crippen molar-refractivity contribution in [1.29, 1.82) is 0 Å². The van der Waals surface area contributed by atoms with E-state index < -0.39 is 0 Å². The van der Waals surface area contributed by atoms with Gasteiger partial charge in [0.1, 0.15) is 5.75 Å². The monoisotopic (exact) mass is 383 g/mol. The Hall–Kier alpha value is -3.11. The Balaban J connectivity index is 1.30. The van der Waals surface area contributed by atoms with E-state index in [0.29, 0.717) is 6.04 Å². The highest BCUT2D eigenvalue weighted by Crippen LogP contribution is 2.46. The molecule has 3 aromatic carbocycles. The summed E-state index contributed by atoms with van der Waals surface area (Å²) in [4.78, 5) is 2.60. The number of rotatable bonds is 4. The van der Waals surface area contributed by atoms with E-state index in [0.717, 1.165) is 37.5 Å². The fraction of sp³-hybridized carbons (Fsp3) is 0.240. The standard InChI is InChI=1S/C25H25N3O/c1-29-20-8-6-7-19(17-20)18-26-28-15-13-27(14-16-28)25-23-11-4-2-9-21(23)22-10-3-5-12-24(22)25/h2-12,17-18,25H,13-16H2,1H3. The summed E-state index contributed by atoms with van der Waals surface area (Å²) < 4.78 is 5.29. The van der Waals surface area contributed by atoms with E-state index in [1.807, 2.05) is 24.4 Å². The van der Waals surface area contributed by atoms with Crippen LogP contribution in [0.3, 0.4) is 0 Å². The maximum atomic E-state index is 5.29. The fourth-order valence-corrected chi connectivity index (χ4v) is 4.48. The molecule has 2 aliphatic rings. The second kappa shape index (κ2) is 7.72. The molecule has 1 heterocycles. The average Bonchev–Trinajstić information content (AvgIpc) is 3.13. The number of ether oxygens (including phenoxy) is 1. The SMILES string of the molecule is COc1cccc(C=NN2CCN(C3c4ccccc4-c4ccccc43)CC2)c1. The van der Waals surface area contributed by atoms with E-state index in [9.17, 15) is 0 Å². The molecule has 0 bridgehead atoms. The maximum absolute atomic E-state index is 5.29. The van der Waals surface area contributed by atoms with Gasteiger partial charge < -0.3 is 4.74 Å². The number of methoxy groups -OCH3 is 1. The zero-order chi connectivity index (χ0) is 19.6. The molecule has 4 heteroatoms. The van der Waals surface area contributed by atoms with Crippen molar-refractivity contribution in [3.8, 4) is 16.9 Å². The fourth-order valence-electron chi connectivity index (χ4n) is 4.48. The van der Waals surface area contributed by atoms with Crippen LogP contribution < -0.4 is 4.74 Å². The van der Waals surface area contributed by atoms with E-state index in [1.165, 1.54) is 22.3 Å². The van der Waals surface area contributed by atoms with Crippen LogP contribution in [0.4, 0.5) is 0 Å². The van der Waals surface area contributed by atoms with Gasteiger partial charge >= 0.3 is 0 Å². The molecule has 0 radical (unpaired) electrons. The Morgan fingerprint density at radius 1 is 0.828 bits per heavy atom. The van der Waals surface area contributed by atoms with Gasteiger partial charge in [0.15, 0.2) is 0 Å². The van der Waals surface area contributed by atoms with Gasteiger partial charge in [0.05, 0.1) is 19.4 Å². The van der Waals surface area contributed by atoms with Gasteiger partial charge in [0.2, 0.25) is 0 Å². The first-order valence-corrected chi connectivity index (χ1v) is 10.2. The second-order valence-electron chi connectivity index (χ2n) is 7.59. The molecule has 3 aromatic rings. The van der Waals surface area contributed by atoms with Crippen molar-refractivity contribution in [2.45, 2.75) is 6.04 Å². The predicted octanol–water partition coefficient (Wildman–Crippen LogP) is 4.42. The van der Waals surface area contributed by atoms with Crippen molar-refractivity contribution < 1.29 is 4.74 Å². The summed E-state index contributed by atoms with van der Waals surface area (Å²) in [6, 6.07) is 26.0. The van der Waals surface area contributed by atoms with Crippen LogP contribution >= 0.6 is 0 Å². The Morgan fingerprint density at radius 2 is 1.48 bits per heavy atom. The zero-order valence-electron chi connectivity index (χ0n) is 16.7. The molecule has 1 aliphatic carbocycles. The van der Waals surface area contributed by atoms with Crippen molar-refractivity contribution in [3.05, 3.63) is 89.5 Å². The van der Waals surface area contributed by atoms with Gasteiger partial charge in [-0.2, -0.15) is 5.10 Å². The van der Waals surface area contributed by atoms with Crippen molar-refractivity contribution in [1.82, 2.24) is 9.91 Å². The molecule has 0 atom stereocenters. The summed E-state index contributed by atoms with van der Waals surface area (Å²) in [5.74, 6) is 0.859. The topological polar surface area (TPSA) is 28.1 Å². The summed E-state index contributed by atoms with van der Waals surface area (Å²) >= 11 is 0. The Labute approximate surface area is 172 Å². The van der Waals surface area contributed by atoms with Gasteiger partial charge in [0, 0.05) is 26.2 Å². The summed E-state index contributed by atoms with van der Waals surface area (Å²) in [6.07, 6.45) is 1.93. The highest BCUT2D eigenvalue weighted by molar-refractivity contribution is 5.80. The Morgan fingerprint density at radius 3 is 2.14 bits per heavy atom. The van der Waals surface area contributed by atoms with E-state index in [-0.39, 0.29) is 0 Å². The summed E-state index contributed by atoms with van der Waals surface area (Å²) in [5.41, 5.74) is 6.69. The lowest BCUT2D eigenvalue weighted by atomic mass is 10.0. The van der Waals surface area contributed by atoms with Crippen LogP contribution in [-0.4, -0.2) is 49.4 Å². The number of hydrogen-bond donors (Lipinski definition) is 0. The molecular weight excluding hydrogens is 358 g/mol. The number of benzene rings is 3. The lowest BCUT2D eigenvalue weighted by Crippen LogP contribution is -2.45. The third kappa shape index (κ3) is 3.40. The van der Waals surface area contributed by atoms with Crippen LogP contribution in [0.25, 0.3) is 11.1 Å². The normalized spacial score (nSPS) is 16.8. The van der Waals surface area contributed by atoms with Gasteiger partial charge in [-0.1, -0.05) is 60.7 Å². The lowest BCUT2D eigenvalue weighted by molar-refractivity contribution is 0.114. The first kappa shape index (κ1) is 18.0. The molecule has 0 N–H and O–H groups in total. The molecule has 4 nitrogen and oxygen atoms in total. The van der Waals surface area contributed by atoms with Crippen LogP contribution in [-0.2, 0) is 0 Å². The smallest absolute Gasteiger partial charge is 0.119 e. The van der Waals surface area contributed by atoms with E-state index in [2.05, 4.69) is 64.5 Å². The second-order valence-corrected chi connectivity index (χ2v) is 7.59. The molecule has 0 spiro atoms. The van der Waals surface area contributed by atoms with Crippen LogP contribution in [0.15, 0.2) is 77.9 Å². The van der Waals surface area contributed by atoms with Gasteiger partial charge in [0.25, 0.3) is 0 Å². The number of fused-ring (bicyclic) bond motifs is 3. The van der Waals surface area contributed by atoms with Crippen molar-refractivity contribution in [2.24, 2.45) is 5.10 Å². The number of hydrogen-bond acceptors (Lipinski definition) is 4. The quantitative estimate of drug-likeness (QED) is 0.625. The molecule has 146 valence electrons. The number of piperazine rings is 1. The molecular formula is C25H25N3O. The van der Waals surface area contributed by atoms with E-state index in [1.54, 1.807) is 7.11 Å². The predicted molar refractivity (Wildman–Crippen MR) is 117 cm³/mol. The first-order valence-electron chi connectivity index (χ1n) is 10.2. The van der Waals surface area contributed by atoms with Gasteiger partial charge in [-0.25, -0.2) is 0 Å². The molecule has 0 unspecified atom stereocenters. The van der Waals surface area contributed by atoms with Gasteiger partial charge in [-0.15, -0.1) is 0 Å².